The normalized spacial score (nSPS) is 12.2. The van der Waals surface area contributed by atoms with Crippen LogP contribution >= 0.6 is 0 Å². The van der Waals surface area contributed by atoms with Crippen LogP contribution in [0.5, 0.6) is 0 Å². The number of hydrogen-bond donors (Lipinski definition) is 1. The maximum Gasteiger partial charge on any atom is 0.221 e. The van der Waals surface area contributed by atoms with E-state index in [9.17, 15) is 4.79 Å². The molecule has 1 aromatic carbocycles. The number of pyridine rings is 1. The molecule has 1 N–H and O–H groups in total. The molecule has 0 bridgehead atoms. The maximum atomic E-state index is 12.8. The van der Waals surface area contributed by atoms with E-state index in [0.29, 0.717) is 18.8 Å². The second-order valence-electron chi connectivity index (χ2n) is 7.92. The number of carbonyl (C=O) groups is 1. The van der Waals surface area contributed by atoms with Gasteiger partial charge in [-0.1, -0.05) is 44.2 Å². The van der Waals surface area contributed by atoms with Crippen molar-refractivity contribution < 1.29 is 4.79 Å². The fourth-order valence-electron chi connectivity index (χ4n) is 3.65. The Balaban J connectivity index is 1.71. The highest BCUT2D eigenvalue weighted by atomic mass is 16.1. The molecule has 0 radical (unpaired) electrons. The predicted octanol–water partition coefficient (Wildman–Crippen LogP) is 4.39. The monoisotopic (exact) mass is 390 g/mol. The summed E-state index contributed by atoms with van der Waals surface area (Å²) in [6, 6.07) is 13.7. The Morgan fingerprint density at radius 2 is 1.69 bits per heavy atom. The molecule has 3 rings (SSSR count). The second-order valence-corrected chi connectivity index (χ2v) is 7.92. The number of benzene rings is 1. The third-order valence-electron chi connectivity index (χ3n) is 5.15. The highest BCUT2D eigenvalue weighted by Crippen LogP contribution is 2.22. The van der Waals surface area contributed by atoms with Crippen LogP contribution < -0.4 is 5.32 Å². The van der Waals surface area contributed by atoms with E-state index in [1.807, 2.05) is 49.4 Å². The van der Waals surface area contributed by atoms with Crippen molar-refractivity contribution in [2.45, 2.75) is 53.1 Å². The van der Waals surface area contributed by atoms with Gasteiger partial charge in [-0.3, -0.25) is 14.5 Å². The van der Waals surface area contributed by atoms with Gasteiger partial charge in [0.05, 0.1) is 11.7 Å². The SMILES string of the molecule is Cc1nn(CC(C)C)c(C)c1CCC(=O)NC(c1ccccc1)c1ccncc1. The summed E-state index contributed by atoms with van der Waals surface area (Å²) in [7, 11) is 0. The second kappa shape index (κ2) is 9.50. The maximum absolute atomic E-state index is 12.8. The molecule has 5 nitrogen and oxygen atoms in total. The Morgan fingerprint density at radius 3 is 2.34 bits per heavy atom. The third kappa shape index (κ3) is 5.31. The highest BCUT2D eigenvalue weighted by molar-refractivity contribution is 5.77. The number of amides is 1. The molecule has 1 unspecified atom stereocenters. The third-order valence-corrected chi connectivity index (χ3v) is 5.15. The van der Waals surface area contributed by atoms with Gasteiger partial charge in [-0.15, -0.1) is 0 Å². The van der Waals surface area contributed by atoms with Crippen LogP contribution in [0.2, 0.25) is 0 Å². The molecule has 0 fully saturated rings. The lowest BCUT2D eigenvalue weighted by Gasteiger charge is -2.20. The lowest BCUT2D eigenvalue weighted by atomic mass is 9.99. The topological polar surface area (TPSA) is 59.8 Å². The van der Waals surface area contributed by atoms with Crippen molar-refractivity contribution in [2.24, 2.45) is 5.92 Å². The van der Waals surface area contributed by atoms with Crippen LogP contribution in [-0.2, 0) is 17.8 Å². The van der Waals surface area contributed by atoms with Gasteiger partial charge in [0.2, 0.25) is 5.91 Å². The minimum atomic E-state index is -0.183. The van der Waals surface area contributed by atoms with Crippen molar-refractivity contribution in [3.8, 4) is 0 Å². The van der Waals surface area contributed by atoms with Gasteiger partial charge < -0.3 is 5.32 Å². The van der Waals surface area contributed by atoms with E-state index in [-0.39, 0.29) is 11.9 Å². The molecule has 152 valence electrons. The van der Waals surface area contributed by atoms with Crippen LogP contribution in [0.3, 0.4) is 0 Å². The number of nitrogens with zero attached hydrogens (tertiary/aromatic N) is 3. The van der Waals surface area contributed by atoms with Crippen LogP contribution in [-0.4, -0.2) is 20.7 Å². The molecule has 3 aromatic rings. The van der Waals surface area contributed by atoms with Crippen molar-refractivity contribution in [2.75, 3.05) is 0 Å². The first-order chi connectivity index (χ1) is 14.0. The Labute approximate surface area is 173 Å². The van der Waals surface area contributed by atoms with E-state index in [0.717, 1.165) is 29.1 Å². The van der Waals surface area contributed by atoms with Gasteiger partial charge in [0, 0.05) is 31.1 Å². The molecule has 1 atom stereocenters. The lowest BCUT2D eigenvalue weighted by Crippen LogP contribution is -2.29. The summed E-state index contributed by atoms with van der Waals surface area (Å²) in [5.41, 5.74) is 5.45. The number of aryl methyl sites for hydroxylation is 1. The molecule has 29 heavy (non-hydrogen) atoms. The molecule has 0 saturated carbocycles. The molecule has 0 spiro atoms. The quantitative estimate of drug-likeness (QED) is 0.620. The van der Waals surface area contributed by atoms with Crippen molar-refractivity contribution in [3.05, 3.63) is 82.9 Å². The Hall–Kier alpha value is -2.95. The van der Waals surface area contributed by atoms with Gasteiger partial charge in [-0.05, 0) is 55.0 Å². The van der Waals surface area contributed by atoms with Crippen molar-refractivity contribution in [3.63, 3.8) is 0 Å². The molecular formula is C24H30N4O. The Kier molecular flexibility index (Phi) is 6.81. The zero-order chi connectivity index (χ0) is 20.8. The van der Waals surface area contributed by atoms with Crippen molar-refractivity contribution >= 4 is 5.91 Å². The number of hydrogen-bond acceptors (Lipinski definition) is 3. The summed E-state index contributed by atoms with van der Waals surface area (Å²) in [4.78, 5) is 16.9. The molecule has 2 aromatic heterocycles. The first kappa shape index (κ1) is 20.8. The summed E-state index contributed by atoms with van der Waals surface area (Å²) in [5, 5.41) is 7.87. The average molecular weight is 391 g/mol. The van der Waals surface area contributed by atoms with Gasteiger partial charge in [0.1, 0.15) is 0 Å². The van der Waals surface area contributed by atoms with Gasteiger partial charge >= 0.3 is 0 Å². The summed E-state index contributed by atoms with van der Waals surface area (Å²) in [6.45, 7) is 9.40. The standard InChI is InChI=1S/C24H30N4O/c1-17(2)16-28-19(4)22(18(3)27-28)10-11-23(29)26-24(20-8-6-5-7-9-20)21-12-14-25-15-13-21/h5-9,12-15,17,24H,10-11,16H2,1-4H3,(H,26,29). The van der Waals surface area contributed by atoms with E-state index in [1.165, 1.54) is 5.56 Å². The summed E-state index contributed by atoms with van der Waals surface area (Å²) in [5.74, 6) is 0.571. The number of carbonyl (C=O) groups excluding carboxylic acids is 1. The minimum Gasteiger partial charge on any atom is -0.345 e. The van der Waals surface area contributed by atoms with Crippen LogP contribution in [0.4, 0.5) is 0 Å². The fraction of sp³-hybridized carbons (Fsp3) is 0.375. The highest BCUT2D eigenvalue weighted by Gasteiger charge is 2.18. The van der Waals surface area contributed by atoms with E-state index in [1.54, 1.807) is 12.4 Å². The molecule has 5 heteroatoms. The van der Waals surface area contributed by atoms with Crippen LogP contribution in [0, 0.1) is 19.8 Å². The summed E-state index contributed by atoms with van der Waals surface area (Å²) in [6.07, 6.45) is 4.64. The largest absolute Gasteiger partial charge is 0.345 e. The summed E-state index contributed by atoms with van der Waals surface area (Å²) >= 11 is 0. The number of nitrogens with one attached hydrogen (secondary N) is 1. The van der Waals surface area contributed by atoms with E-state index >= 15 is 0 Å². The van der Waals surface area contributed by atoms with Crippen molar-refractivity contribution in [1.82, 2.24) is 20.1 Å². The van der Waals surface area contributed by atoms with Gasteiger partial charge in [-0.25, -0.2) is 0 Å². The zero-order valence-electron chi connectivity index (χ0n) is 17.7. The van der Waals surface area contributed by atoms with E-state index in [4.69, 9.17) is 0 Å². The molecule has 0 saturated heterocycles. The Bertz CT molecular complexity index is 893. The molecule has 0 aliphatic rings. The fourth-order valence-corrected chi connectivity index (χ4v) is 3.65. The van der Waals surface area contributed by atoms with Crippen LogP contribution in [0.25, 0.3) is 0 Å². The number of rotatable bonds is 8. The van der Waals surface area contributed by atoms with Gasteiger partial charge in [0.15, 0.2) is 0 Å². The van der Waals surface area contributed by atoms with Crippen LogP contribution in [0.15, 0.2) is 54.9 Å². The minimum absolute atomic E-state index is 0.0334. The van der Waals surface area contributed by atoms with E-state index in [2.05, 4.69) is 40.9 Å². The molecule has 1 amide bonds. The molecule has 0 aliphatic carbocycles. The lowest BCUT2D eigenvalue weighted by molar-refractivity contribution is -0.121. The Morgan fingerprint density at radius 1 is 1.03 bits per heavy atom. The first-order valence-corrected chi connectivity index (χ1v) is 10.2. The van der Waals surface area contributed by atoms with Crippen LogP contribution in [0.1, 0.15) is 54.4 Å². The number of aromatic nitrogens is 3. The van der Waals surface area contributed by atoms with Crippen molar-refractivity contribution in [1.29, 1.82) is 0 Å². The van der Waals surface area contributed by atoms with E-state index < -0.39 is 0 Å². The average Bonchev–Trinajstić information content (AvgIpc) is 2.98. The zero-order valence-corrected chi connectivity index (χ0v) is 17.7. The van der Waals surface area contributed by atoms with Gasteiger partial charge in [0.25, 0.3) is 0 Å². The first-order valence-electron chi connectivity index (χ1n) is 10.2. The predicted molar refractivity (Wildman–Crippen MR) is 116 cm³/mol. The molecule has 2 heterocycles. The van der Waals surface area contributed by atoms with Gasteiger partial charge in [-0.2, -0.15) is 5.10 Å². The molecule has 0 aliphatic heterocycles. The smallest absolute Gasteiger partial charge is 0.221 e. The molecular weight excluding hydrogens is 360 g/mol. The summed E-state index contributed by atoms with van der Waals surface area (Å²) < 4.78 is 2.07.